The lowest BCUT2D eigenvalue weighted by atomic mass is 9.86. The normalized spacial score (nSPS) is 21.3. The van der Waals surface area contributed by atoms with E-state index in [1.165, 1.54) is 5.01 Å². The van der Waals surface area contributed by atoms with Gasteiger partial charge in [0.1, 0.15) is 6.17 Å². The Bertz CT molecular complexity index is 851. The van der Waals surface area contributed by atoms with Gasteiger partial charge in [0, 0.05) is 22.8 Å². The molecule has 2 aromatic carbocycles. The van der Waals surface area contributed by atoms with Crippen LogP contribution >= 0.6 is 0 Å². The highest BCUT2D eigenvalue weighted by atomic mass is 16.2. The van der Waals surface area contributed by atoms with Crippen molar-refractivity contribution in [2.24, 2.45) is 11.0 Å². The minimum Gasteiger partial charge on any atom is -0.285 e. The Kier molecular flexibility index (Phi) is 4.98. The van der Waals surface area contributed by atoms with Gasteiger partial charge in [0.15, 0.2) is 0 Å². The summed E-state index contributed by atoms with van der Waals surface area (Å²) in [4.78, 5) is 25.4. The highest BCUT2D eigenvalue weighted by Crippen LogP contribution is 2.32. The monoisotopic (exact) mass is 362 g/mol. The smallest absolute Gasteiger partial charge is 0.275 e. The summed E-state index contributed by atoms with van der Waals surface area (Å²) < 4.78 is 0. The molecule has 6 nitrogen and oxygen atoms in total. The van der Waals surface area contributed by atoms with Gasteiger partial charge in [-0.2, -0.15) is 5.10 Å². The van der Waals surface area contributed by atoms with Crippen molar-refractivity contribution in [2.75, 3.05) is 0 Å². The second-order valence-electron chi connectivity index (χ2n) is 6.87. The van der Waals surface area contributed by atoms with Crippen molar-refractivity contribution >= 4 is 17.5 Å². The molecule has 0 unspecified atom stereocenters. The van der Waals surface area contributed by atoms with E-state index >= 15 is 0 Å². The van der Waals surface area contributed by atoms with Gasteiger partial charge in [-0.25, -0.2) is 10.4 Å². The minimum atomic E-state index is -0.374. The van der Waals surface area contributed by atoms with Crippen LogP contribution < -0.4 is 10.9 Å². The van der Waals surface area contributed by atoms with E-state index in [0.717, 1.165) is 31.4 Å². The van der Waals surface area contributed by atoms with Crippen molar-refractivity contribution in [1.82, 2.24) is 15.9 Å². The van der Waals surface area contributed by atoms with Crippen LogP contribution in [-0.4, -0.2) is 28.7 Å². The van der Waals surface area contributed by atoms with Crippen LogP contribution in [0.3, 0.4) is 0 Å². The van der Waals surface area contributed by atoms with Crippen molar-refractivity contribution in [1.29, 1.82) is 0 Å². The number of benzene rings is 2. The van der Waals surface area contributed by atoms with E-state index in [1.807, 2.05) is 36.4 Å². The molecule has 1 aliphatic heterocycles. The maximum absolute atomic E-state index is 13.0. The lowest BCUT2D eigenvalue weighted by Crippen LogP contribution is -2.55. The summed E-state index contributed by atoms with van der Waals surface area (Å²) in [5.74, 6) is -0.265. The van der Waals surface area contributed by atoms with E-state index in [2.05, 4.69) is 16.0 Å². The van der Waals surface area contributed by atoms with Gasteiger partial charge in [0.25, 0.3) is 11.8 Å². The molecule has 2 aliphatic rings. The fourth-order valence-electron chi connectivity index (χ4n) is 3.71. The molecule has 0 bridgehead atoms. The lowest BCUT2D eigenvalue weighted by Gasteiger charge is -2.29. The van der Waals surface area contributed by atoms with Crippen LogP contribution in [0.15, 0.2) is 65.8 Å². The number of hydrazone groups is 1. The molecule has 138 valence electrons. The molecule has 1 aliphatic carbocycles. The molecule has 0 aromatic heterocycles. The summed E-state index contributed by atoms with van der Waals surface area (Å²) in [6.45, 7) is 0. The quantitative estimate of drug-likeness (QED) is 0.822. The van der Waals surface area contributed by atoms with Crippen molar-refractivity contribution < 1.29 is 9.59 Å². The molecule has 0 saturated heterocycles. The highest BCUT2D eigenvalue weighted by molar-refractivity contribution is 5.99. The van der Waals surface area contributed by atoms with Gasteiger partial charge in [-0.05, 0) is 43.5 Å². The van der Waals surface area contributed by atoms with Gasteiger partial charge < -0.3 is 0 Å². The third kappa shape index (κ3) is 3.61. The molecule has 2 N–H and O–H groups in total. The number of hydrogen-bond acceptors (Lipinski definition) is 4. The third-order valence-corrected chi connectivity index (χ3v) is 5.11. The standard InChI is InChI=1S/C21H22N4O2/c26-20(15-9-3-1-4-10-15)23-22-19-17-13-7-8-14-18(17)24-25(19)21(27)16-11-5-2-6-12-16/h1-6,9-12,17,19,22H,7-8,13-14H2,(H,23,26)/t17-,19-/m1/s1. The second-order valence-corrected chi connectivity index (χ2v) is 6.87. The van der Waals surface area contributed by atoms with Gasteiger partial charge in [-0.3, -0.25) is 15.0 Å². The number of amides is 2. The lowest BCUT2D eigenvalue weighted by molar-refractivity contribution is 0.0598. The fraction of sp³-hybridized carbons (Fsp3) is 0.286. The molecule has 1 fully saturated rings. The maximum atomic E-state index is 13.0. The van der Waals surface area contributed by atoms with E-state index < -0.39 is 0 Å². The first kappa shape index (κ1) is 17.4. The van der Waals surface area contributed by atoms with Crippen LogP contribution in [0.2, 0.25) is 0 Å². The number of fused-ring (bicyclic) bond motifs is 1. The Hall–Kier alpha value is -2.99. The first-order chi connectivity index (χ1) is 13.2. The summed E-state index contributed by atoms with van der Waals surface area (Å²) in [6, 6.07) is 18.1. The molecule has 6 heteroatoms. The average Bonchev–Trinajstić information content (AvgIpc) is 3.11. The number of carbonyl (C=O) groups excluding carboxylic acids is 2. The molecule has 2 amide bonds. The Labute approximate surface area is 158 Å². The van der Waals surface area contributed by atoms with E-state index in [-0.39, 0.29) is 23.9 Å². The summed E-state index contributed by atoms with van der Waals surface area (Å²) >= 11 is 0. The molecule has 4 rings (SSSR count). The topological polar surface area (TPSA) is 73.8 Å². The Balaban J connectivity index is 1.52. The van der Waals surface area contributed by atoms with Gasteiger partial charge in [-0.15, -0.1) is 0 Å². The zero-order valence-electron chi connectivity index (χ0n) is 15.0. The highest BCUT2D eigenvalue weighted by Gasteiger charge is 2.41. The first-order valence-electron chi connectivity index (χ1n) is 9.31. The molecular formula is C21H22N4O2. The molecule has 0 radical (unpaired) electrons. The van der Waals surface area contributed by atoms with Crippen molar-refractivity contribution in [3.63, 3.8) is 0 Å². The Morgan fingerprint density at radius 2 is 1.59 bits per heavy atom. The van der Waals surface area contributed by atoms with Crippen LogP contribution in [-0.2, 0) is 0 Å². The van der Waals surface area contributed by atoms with Crippen LogP contribution in [0, 0.1) is 5.92 Å². The predicted molar refractivity (Wildman–Crippen MR) is 103 cm³/mol. The van der Waals surface area contributed by atoms with Gasteiger partial charge in [-0.1, -0.05) is 42.8 Å². The molecule has 27 heavy (non-hydrogen) atoms. The molecule has 1 heterocycles. The van der Waals surface area contributed by atoms with Gasteiger partial charge in [0.05, 0.1) is 0 Å². The Morgan fingerprint density at radius 1 is 0.926 bits per heavy atom. The summed E-state index contributed by atoms with van der Waals surface area (Å²) in [5.41, 5.74) is 8.01. The van der Waals surface area contributed by atoms with Crippen LogP contribution in [0.4, 0.5) is 0 Å². The molecule has 1 saturated carbocycles. The number of hydrazine groups is 1. The zero-order chi connectivity index (χ0) is 18.6. The number of nitrogens with zero attached hydrogens (tertiary/aromatic N) is 2. The molecule has 2 atom stereocenters. The van der Waals surface area contributed by atoms with E-state index in [9.17, 15) is 9.59 Å². The van der Waals surface area contributed by atoms with Gasteiger partial charge in [0.2, 0.25) is 0 Å². The van der Waals surface area contributed by atoms with Crippen LogP contribution in [0.25, 0.3) is 0 Å². The SMILES string of the molecule is O=C(NN[C@H]1[C@@H]2CCCCC2=NN1C(=O)c1ccccc1)c1ccccc1. The molecule has 0 spiro atoms. The van der Waals surface area contributed by atoms with Gasteiger partial charge >= 0.3 is 0 Å². The van der Waals surface area contributed by atoms with Crippen molar-refractivity contribution in [3.8, 4) is 0 Å². The number of carbonyl (C=O) groups is 2. The second kappa shape index (κ2) is 7.72. The maximum Gasteiger partial charge on any atom is 0.275 e. The van der Waals surface area contributed by atoms with E-state index in [4.69, 9.17) is 0 Å². The number of nitrogens with one attached hydrogen (secondary N) is 2. The first-order valence-corrected chi connectivity index (χ1v) is 9.31. The van der Waals surface area contributed by atoms with E-state index in [0.29, 0.717) is 11.1 Å². The molecule has 2 aromatic rings. The number of rotatable bonds is 4. The third-order valence-electron chi connectivity index (χ3n) is 5.11. The summed E-state index contributed by atoms with van der Waals surface area (Å²) in [5, 5.41) is 6.10. The molecular weight excluding hydrogens is 340 g/mol. The zero-order valence-corrected chi connectivity index (χ0v) is 15.0. The van der Waals surface area contributed by atoms with E-state index in [1.54, 1.807) is 24.3 Å². The number of hydrogen-bond donors (Lipinski definition) is 2. The average molecular weight is 362 g/mol. The van der Waals surface area contributed by atoms with Crippen molar-refractivity contribution in [3.05, 3.63) is 71.8 Å². The van der Waals surface area contributed by atoms with Crippen LogP contribution in [0.1, 0.15) is 46.4 Å². The van der Waals surface area contributed by atoms with Crippen molar-refractivity contribution in [2.45, 2.75) is 31.8 Å². The largest absolute Gasteiger partial charge is 0.285 e. The summed E-state index contributed by atoms with van der Waals surface area (Å²) in [6.07, 6.45) is 3.67. The predicted octanol–water partition coefficient (Wildman–Crippen LogP) is 2.95. The Morgan fingerprint density at radius 3 is 2.30 bits per heavy atom. The summed E-state index contributed by atoms with van der Waals surface area (Å²) in [7, 11) is 0. The minimum absolute atomic E-state index is 0.127. The fourth-order valence-corrected chi connectivity index (χ4v) is 3.71. The van der Waals surface area contributed by atoms with Crippen LogP contribution in [0.5, 0.6) is 0 Å².